The van der Waals surface area contributed by atoms with Crippen LogP contribution < -0.4 is 10.5 Å². The van der Waals surface area contributed by atoms with Crippen LogP contribution >= 0.6 is 0 Å². The van der Waals surface area contributed by atoms with Gasteiger partial charge in [0.05, 0.1) is 5.69 Å². The van der Waals surface area contributed by atoms with Crippen LogP contribution in [0.5, 0.6) is 11.6 Å². The van der Waals surface area contributed by atoms with E-state index in [4.69, 9.17) is 15.7 Å². The molecular weight excluding hydrogens is 304 g/mol. The van der Waals surface area contributed by atoms with Gasteiger partial charge in [0, 0.05) is 6.07 Å². The molecule has 0 aliphatic carbocycles. The Balaban J connectivity index is 2.02. The molecule has 3 rings (SSSR count). The number of hydrogen-bond acceptors (Lipinski definition) is 6. The fraction of sp³-hybridized carbons (Fsp3) is 0.176. The smallest absolute Gasteiger partial charge is 0.224 e. The number of rotatable bonds is 3. The Morgan fingerprint density at radius 1 is 1.17 bits per heavy atom. The molecule has 0 saturated carbocycles. The Kier molecular flexibility index (Phi) is 3.88. The number of aryl methyl sites for hydroxylation is 3. The minimum Gasteiger partial charge on any atom is -0.439 e. The van der Waals surface area contributed by atoms with Crippen LogP contribution in [0.1, 0.15) is 22.6 Å². The first kappa shape index (κ1) is 15.5. The summed E-state index contributed by atoms with van der Waals surface area (Å²) in [5, 5.41) is 13.4. The zero-order valence-electron chi connectivity index (χ0n) is 13.6. The Bertz CT molecular complexity index is 954. The zero-order chi connectivity index (χ0) is 17.3. The third-order valence-electron chi connectivity index (χ3n) is 3.44. The second-order valence-electron chi connectivity index (χ2n) is 5.40. The Labute approximate surface area is 139 Å². The summed E-state index contributed by atoms with van der Waals surface area (Å²) in [7, 11) is 0. The van der Waals surface area contributed by atoms with Gasteiger partial charge < -0.3 is 10.5 Å². The average Bonchev–Trinajstić information content (AvgIpc) is 2.81. The molecule has 0 aliphatic rings. The number of aromatic nitrogens is 4. The largest absolute Gasteiger partial charge is 0.439 e. The molecule has 0 atom stereocenters. The number of benzene rings is 1. The molecule has 0 spiro atoms. The van der Waals surface area contributed by atoms with Gasteiger partial charge in [-0.15, -0.1) is 0 Å². The van der Waals surface area contributed by atoms with Gasteiger partial charge >= 0.3 is 0 Å². The summed E-state index contributed by atoms with van der Waals surface area (Å²) in [5.41, 5.74) is 7.97. The third-order valence-corrected chi connectivity index (χ3v) is 3.44. The number of anilines is 1. The summed E-state index contributed by atoms with van der Waals surface area (Å²) in [6.07, 6.45) is 0. The van der Waals surface area contributed by atoms with E-state index < -0.39 is 0 Å². The maximum absolute atomic E-state index is 9.15. The molecular formula is C17H16N6O. The van der Waals surface area contributed by atoms with Gasteiger partial charge in [-0.25, -0.2) is 4.98 Å². The SMILES string of the molecule is Cc1cccc(Oc2cc(-n3nc(C)c(C#N)c3N)nc(C)n2)c1. The van der Waals surface area contributed by atoms with E-state index in [1.807, 2.05) is 37.3 Å². The molecule has 24 heavy (non-hydrogen) atoms. The van der Waals surface area contributed by atoms with Crippen molar-refractivity contribution in [1.29, 1.82) is 5.26 Å². The quantitative estimate of drug-likeness (QED) is 0.796. The zero-order valence-corrected chi connectivity index (χ0v) is 13.6. The van der Waals surface area contributed by atoms with Crippen LogP contribution in [0.3, 0.4) is 0 Å². The first-order chi connectivity index (χ1) is 11.5. The molecule has 7 heteroatoms. The lowest BCUT2D eigenvalue weighted by atomic mass is 10.2. The summed E-state index contributed by atoms with van der Waals surface area (Å²) in [6.45, 7) is 5.47. The van der Waals surface area contributed by atoms with E-state index in [9.17, 15) is 0 Å². The van der Waals surface area contributed by atoms with E-state index in [-0.39, 0.29) is 5.82 Å². The van der Waals surface area contributed by atoms with E-state index >= 15 is 0 Å². The van der Waals surface area contributed by atoms with Crippen LogP contribution in [-0.2, 0) is 0 Å². The van der Waals surface area contributed by atoms with Crippen molar-refractivity contribution in [2.24, 2.45) is 0 Å². The van der Waals surface area contributed by atoms with Gasteiger partial charge in [0.2, 0.25) is 5.88 Å². The minimum atomic E-state index is 0.245. The molecule has 2 heterocycles. The molecule has 0 amide bonds. The second kappa shape index (κ2) is 6.01. The van der Waals surface area contributed by atoms with Crippen molar-refractivity contribution < 1.29 is 4.74 Å². The molecule has 3 aromatic rings. The number of hydrogen-bond donors (Lipinski definition) is 1. The molecule has 7 nitrogen and oxygen atoms in total. The van der Waals surface area contributed by atoms with E-state index in [0.29, 0.717) is 34.5 Å². The van der Waals surface area contributed by atoms with Crippen LogP contribution in [0.2, 0.25) is 0 Å². The van der Waals surface area contributed by atoms with Crippen LogP contribution in [0.25, 0.3) is 5.82 Å². The van der Waals surface area contributed by atoms with E-state index in [1.165, 1.54) is 4.68 Å². The fourth-order valence-corrected chi connectivity index (χ4v) is 2.34. The molecule has 2 aromatic heterocycles. The fourth-order valence-electron chi connectivity index (χ4n) is 2.34. The summed E-state index contributed by atoms with van der Waals surface area (Å²) in [5.74, 6) is 2.28. The highest BCUT2D eigenvalue weighted by Crippen LogP contribution is 2.24. The molecule has 0 unspecified atom stereocenters. The van der Waals surface area contributed by atoms with Gasteiger partial charge in [-0.2, -0.15) is 20.0 Å². The molecule has 0 saturated heterocycles. The Morgan fingerprint density at radius 3 is 2.62 bits per heavy atom. The monoisotopic (exact) mass is 320 g/mol. The highest BCUT2D eigenvalue weighted by Gasteiger charge is 2.15. The Hall–Kier alpha value is -3.40. The van der Waals surface area contributed by atoms with Crippen molar-refractivity contribution >= 4 is 5.82 Å². The lowest BCUT2D eigenvalue weighted by Gasteiger charge is -2.09. The summed E-state index contributed by atoms with van der Waals surface area (Å²) >= 11 is 0. The van der Waals surface area contributed by atoms with Crippen LogP contribution in [0.15, 0.2) is 30.3 Å². The molecule has 0 fully saturated rings. The van der Waals surface area contributed by atoms with Crippen molar-refractivity contribution in [1.82, 2.24) is 19.7 Å². The topological polar surface area (TPSA) is 103 Å². The van der Waals surface area contributed by atoms with Gasteiger partial charge in [0.1, 0.15) is 29.0 Å². The maximum atomic E-state index is 9.15. The highest BCUT2D eigenvalue weighted by atomic mass is 16.5. The number of nitrogen functional groups attached to an aromatic ring is 1. The Morgan fingerprint density at radius 2 is 1.96 bits per heavy atom. The number of nitrogens with zero attached hydrogens (tertiary/aromatic N) is 5. The lowest BCUT2D eigenvalue weighted by Crippen LogP contribution is -2.07. The number of nitriles is 1. The summed E-state index contributed by atoms with van der Waals surface area (Å²) in [4.78, 5) is 8.62. The van der Waals surface area contributed by atoms with Gasteiger partial charge in [0.15, 0.2) is 5.82 Å². The lowest BCUT2D eigenvalue weighted by molar-refractivity contribution is 0.458. The first-order valence-electron chi connectivity index (χ1n) is 7.33. The molecule has 0 bridgehead atoms. The highest BCUT2D eigenvalue weighted by molar-refractivity contribution is 5.55. The van der Waals surface area contributed by atoms with E-state index in [0.717, 1.165) is 5.56 Å². The van der Waals surface area contributed by atoms with Crippen LogP contribution in [0.4, 0.5) is 5.82 Å². The van der Waals surface area contributed by atoms with Crippen molar-refractivity contribution in [3.8, 4) is 23.5 Å². The average molecular weight is 320 g/mol. The normalized spacial score (nSPS) is 10.4. The number of nitrogens with two attached hydrogens (primary N) is 1. The van der Waals surface area contributed by atoms with Gasteiger partial charge in [-0.05, 0) is 38.5 Å². The third kappa shape index (κ3) is 2.90. The van der Waals surface area contributed by atoms with Crippen LogP contribution in [-0.4, -0.2) is 19.7 Å². The molecule has 120 valence electrons. The summed E-state index contributed by atoms with van der Waals surface area (Å²) < 4.78 is 7.23. The van der Waals surface area contributed by atoms with Gasteiger partial charge in [-0.3, -0.25) is 0 Å². The maximum Gasteiger partial charge on any atom is 0.224 e. The second-order valence-corrected chi connectivity index (χ2v) is 5.40. The molecule has 2 N–H and O–H groups in total. The number of ether oxygens (including phenoxy) is 1. The van der Waals surface area contributed by atoms with E-state index in [2.05, 4.69) is 15.1 Å². The summed E-state index contributed by atoms with van der Waals surface area (Å²) in [6, 6.07) is 11.3. The first-order valence-corrected chi connectivity index (χ1v) is 7.33. The van der Waals surface area contributed by atoms with Crippen LogP contribution in [0, 0.1) is 32.1 Å². The minimum absolute atomic E-state index is 0.245. The molecule has 1 aromatic carbocycles. The van der Waals surface area contributed by atoms with Gasteiger partial charge in [-0.1, -0.05) is 12.1 Å². The van der Waals surface area contributed by atoms with Crippen molar-refractivity contribution in [3.63, 3.8) is 0 Å². The predicted octanol–water partition coefficient (Wildman–Crippen LogP) is 2.83. The van der Waals surface area contributed by atoms with Gasteiger partial charge in [0.25, 0.3) is 0 Å². The van der Waals surface area contributed by atoms with Crippen molar-refractivity contribution in [2.75, 3.05) is 5.73 Å². The van der Waals surface area contributed by atoms with Crippen molar-refractivity contribution in [2.45, 2.75) is 20.8 Å². The molecule has 0 radical (unpaired) electrons. The standard InChI is InChI=1S/C17H16N6O/c1-10-5-4-6-13(7-10)24-16-8-15(20-12(3)21-16)23-17(19)14(9-18)11(2)22-23/h4-8H,19H2,1-3H3. The molecule has 0 aliphatic heterocycles. The predicted molar refractivity (Wildman–Crippen MR) is 89.0 cm³/mol. The van der Waals surface area contributed by atoms with E-state index in [1.54, 1.807) is 19.9 Å². The van der Waals surface area contributed by atoms with Crippen molar-refractivity contribution in [3.05, 3.63) is 53.0 Å².